The zero-order valence-electron chi connectivity index (χ0n) is 10.3. The van der Waals surface area contributed by atoms with Gasteiger partial charge in [-0.1, -0.05) is 6.92 Å². The third-order valence-corrected chi connectivity index (χ3v) is 2.89. The van der Waals surface area contributed by atoms with Crippen LogP contribution in [0.3, 0.4) is 0 Å². The van der Waals surface area contributed by atoms with E-state index in [2.05, 4.69) is 41.0 Å². The molecule has 1 aliphatic rings. The molecule has 4 nitrogen and oxygen atoms in total. The van der Waals surface area contributed by atoms with Gasteiger partial charge in [0.15, 0.2) is 0 Å². The molecule has 1 aromatic rings. The topological polar surface area (TPSA) is 41.1 Å². The minimum absolute atomic E-state index is 0.517. The number of hydrogen-bond acceptors (Lipinski definition) is 4. The molecule has 4 heteroatoms. The van der Waals surface area contributed by atoms with Gasteiger partial charge in [0, 0.05) is 37.8 Å². The summed E-state index contributed by atoms with van der Waals surface area (Å²) in [6.45, 7) is 8.55. The third kappa shape index (κ3) is 2.50. The summed E-state index contributed by atoms with van der Waals surface area (Å²) in [5.74, 6) is 1.99. The fourth-order valence-electron chi connectivity index (χ4n) is 2.25. The molecule has 0 amide bonds. The number of anilines is 1. The van der Waals surface area contributed by atoms with Crippen LogP contribution in [0.2, 0.25) is 0 Å². The maximum Gasteiger partial charge on any atom is 0.132 e. The molecule has 88 valence electrons. The molecule has 1 N–H and O–H groups in total. The van der Waals surface area contributed by atoms with Gasteiger partial charge in [0.05, 0.1) is 0 Å². The smallest absolute Gasteiger partial charge is 0.132 e. The molecular formula is C12H20N4. The van der Waals surface area contributed by atoms with Crippen LogP contribution in [0.15, 0.2) is 12.3 Å². The van der Waals surface area contributed by atoms with E-state index in [0.29, 0.717) is 12.1 Å². The number of hydrogen-bond donors (Lipinski definition) is 1. The van der Waals surface area contributed by atoms with E-state index in [1.165, 1.54) is 0 Å². The largest absolute Gasteiger partial charge is 0.353 e. The third-order valence-electron chi connectivity index (χ3n) is 2.89. The second-order valence-corrected chi connectivity index (χ2v) is 4.56. The molecule has 2 heterocycles. The molecule has 2 rings (SSSR count). The number of nitrogens with zero attached hydrogens (tertiary/aromatic N) is 3. The van der Waals surface area contributed by atoms with E-state index in [1.54, 1.807) is 0 Å². The van der Waals surface area contributed by atoms with Crippen molar-refractivity contribution in [3.05, 3.63) is 18.1 Å². The summed E-state index contributed by atoms with van der Waals surface area (Å²) in [7, 11) is 0. The number of aromatic nitrogens is 2. The fraction of sp³-hybridized carbons (Fsp3) is 0.667. The van der Waals surface area contributed by atoms with Crippen molar-refractivity contribution in [2.24, 2.45) is 0 Å². The molecule has 0 unspecified atom stereocenters. The van der Waals surface area contributed by atoms with E-state index in [0.717, 1.165) is 31.2 Å². The Morgan fingerprint density at radius 2 is 2.06 bits per heavy atom. The van der Waals surface area contributed by atoms with Gasteiger partial charge in [0.1, 0.15) is 11.6 Å². The lowest BCUT2D eigenvalue weighted by Crippen LogP contribution is -2.54. The van der Waals surface area contributed by atoms with Crippen LogP contribution in [0.4, 0.5) is 5.82 Å². The van der Waals surface area contributed by atoms with E-state index in [-0.39, 0.29) is 0 Å². The van der Waals surface area contributed by atoms with Crippen molar-refractivity contribution in [3.63, 3.8) is 0 Å². The molecule has 16 heavy (non-hydrogen) atoms. The Labute approximate surface area is 97.1 Å². The molecule has 0 spiro atoms. The summed E-state index contributed by atoms with van der Waals surface area (Å²) < 4.78 is 0. The van der Waals surface area contributed by atoms with Gasteiger partial charge in [-0.3, -0.25) is 0 Å². The molecule has 0 bridgehead atoms. The van der Waals surface area contributed by atoms with E-state index in [1.807, 2.05) is 12.3 Å². The molecule has 2 atom stereocenters. The summed E-state index contributed by atoms with van der Waals surface area (Å²) >= 11 is 0. The first-order chi connectivity index (χ1) is 7.69. The second-order valence-electron chi connectivity index (χ2n) is 4.56. The van der Waals surface area contributed by atoms with Crippen molar-refractivity contribution >= 4 is 5.82 Å². The van der Waals surface area contributed by atoms with Gasteiger partial charge in [0.25, 0.3) is 0 Å². The fourth-order valence-corrected chi connectivity index (χ4v) is 2.25. The highest BCUT2D eigenvalue weighted by molar-refractivity contribution is 5.38. The standard InChI is InChI=1S/C12H20N4/c1-4-11-13-6-5-12(15-11)16-7-9(2)14-10(3)8-16/h5-6,9-10,14H,4,7-8H2,1-3H3/t9-,10+. The lowest BCUT2D eigenvalue weighted by atomic mass is 10.1. The minimum Gasteiger partial charge on any atom is -0.353 e. The Morgan fingerprint density at radius 3 is 2.69 bits per heavy atom. The first kappa shape index (κ1) is 11.3. The van der Waals surface area contributed by atoms with Gasteiger partial charge in [-0.15, -0.1) is 0 Å². The van der Waals surface area contributed by atoms with Crippen molar-refractivity contribution < 1.29 is 0 Å². The lowest BCUT2D eigenvalue weighted by molar-refractivity contribution is 0.405. The van der Waals surface area contributed by atoms with Crippen LogP contribution in [-0.4, -0.2) is 35.1 Å². The van der Waals surface area contributed by atoms with Crippen molar-refractivity contribution in [2.45, 2.75) is 39.3 Å². The zero-order chi connectivity index (χ0) is 11.5. The zero-order valence-corrected chi connectivity index (χ0v) is 10.3. The highest BCUT2D eigenvalue weighted by Gasteiger charge is 2.21. The molecular weight excluding hydrogens is 200 g/mol. The highest BCUT2D eigenvalue weighted by Crippen LogP contribution is 2.14. The Kier molecular flexibility index (Phi) is 3.39. The molecule has 1 aliphatic heterocycles. The van der Waals surface area contributed by atoms with Crippen LogP contribution in [0.1, 0.15) is 26.6 Å². The van der Waals surface area contributed by atoms with Gasteiger partial charge in [-0.2, -0.15) is 0 Å². The predicted octanol–water partition coefficient (Wildman–Crippen LogP) is 1.23. The van der Waals surface area contributed by atoms with Crippen LogP contribution in [0.25, 0.3) is 0 Å². The van der Waals surface area contributed by atoms with Gasteiger partial charge in [-0.25, -0.2) is 9.97 Å². The second kappa shape index (κ2) is 4.78. The van der Waals surface area contributed by atoms with E-state index < -0.39 is 0 Å². The van der Waals surface area contributed by atoms with Gasteiger partial charge in [-0.05, 0) is 19.9 Å². The van der Waals surface area contributed by atoms with Crippen LogP contribution >= 0.6 is 0 Å². The van der Waals surface area contributed by atoms with Crippen molar-refractivity contribution in [3.8, 4) is 0 Å². The summed E-state index contributed by atoms with van der Waals surface area (Å²) in [5, 5.41) is 3.52. The first-order valence-corrected chi connectivity index (χ1v) is 6.02. The Bertz CT molecular complexity index is 343. The Balaban J connectivity index is 2.16. The maximum absolute atomic E-state index is 4.57. The van der Waals surface area contributed by atoms with E-state index in [4.69, 9.17) is 0 Å². The van der Waals surface area contributed by atoms with Crippen LogP contribution in [0.5, 0.6) is 0 Å². The molecule has 1 aromatic heterocycles. The predicted molar refractivity (Wildman–Crippen MR) is 65.7 cm³/mol. The minimum atomic E-state index is 0.517. The van der Waals surface area contributed by atoms with Crippen molar-refractivity contribution in [1.29, 1.82) is 0 Å². The number of aryl methyl sites for hydroxylation is 1. The number of piperazine rings is 1. The molecule has 1 fully saturated rings. The Hall–Kier alpha value is -1.16. The van der Waals surface area contributed by atoms with Crippen molar-refractivity contribution in [1.82, 2.24) is 15.3 Å². The molecule has 0 saturated carbocycles. The quantitative estimate of drug-likeness (QED) is 0.814. The highest BCUT2D eigenvalue weighted by atomic mass is 15.3. The first-order valence-electron chi connectivity index (χ1n) is 6.02. The molecule has 0 aromatic carbocycles. The molecule has 1 saturated heterocycles. The summed E-state index contributed by atoms with van der Waals surface area (Å²) in [6, 6.07) is 3.04. The van der Waals surface area contributed by atoms with Gasteiger partial charge >= 0.3 is 0 Å². The SMILES string of the molecule is CCc1nccc(N2C[C@@H](C)N[C@@H](C)C2)n1. The van der Waals surface area contributed by atoms with Gasteiger partial charge < -0.3 is 10.2 Å². The van der Waals surface area contributed by atoms with Crippen LogP contribution in [-0.2, 0) is 6.42 Å². The number of nitrogens with one attached hydrogen (secondary N) is 1. The molecule has 0 radical (unpaired) electrons. The summed E-state index contributed by atoms with van der Waals surface area (Å²) in [5.41, 5.74) is 0. The number of rotatable bonds is 2. The average Bonchev–Trinajstić information content (AvgIpc) is 2.28. The van der Waals surface area contributed by atoms with E-state index >= 15 is 0 Å². The molecule has 0 aliphatic carbocycles. The normalized spacial score (nSPS) is 25.8. The summed E-state index contributed by atoms with van der Waals surface area (Å²) in [6.07, 6.45) is 2.75. The lowest BCUT2D eigenvalue weighted by Gasteiger charge is -2.36. The van der Waals surface area contributed by atoms with Crippen LogP contribution < -0.4 is 10.2 Å². The van der Waals surface area contributed by atoms with E-state index in [9.17, 15) is 0 Å². The average molecular weight is 220 g/mol. The Morgan fingerprint density at radius 1 is 1.38 bits per heavy atom. The summed E-state index contributed by atoms with van der Waals surface area (Å²) in [4.78, 5) is 11.1. The van der Waals surface area contributed by atoms with Crippen LogP contribution in [0, 0.1) is 0 Å². The van der Waals surface area contributed by atoms with Gasteiger partial charge in [0.2, 0.25) is 0 Å². The maximum atomic E-state index is 4.57. The van der Waals surface area contributed by atoms with Crippen molar-refractivity contribution in [2.75, 3.05) is 18.0 Å². The monoisotopic (exact) mass is 220 g/mol.